The topological polar surface area (TPSA) is 120 Å². The lowest BCUT2D eigenvalue weighted by molar-refractivity contribution is -0.118. The van der Waals surface area contributed by atoms with Crippen molar-refractivity contribution in [3.8, 4) is 11.1 Å². The molecule has 1 aliphatic heterocycles. The number of nitrogens with one attached hydrogen (secondary N) is 4. The molecule has 2 heterocycles. The average Bonchev–Trinajstić information content (AvgIpc) is 3.76. The Morgan fingerprint density at radius 2 is 1.77 bits per heavy atom. The fourth-order valence-corrected chi connectivity index (χ4v) is 6.43. The van der Waals surface area contributed by atoms with Crippen LogP contribution in [-0.2, 0) is 19.9 Å². The molecule has 1 aliphatic carbocycles. The van der Waals surface area contributed by atoms with Crippen LogP contribution in [0.5, 0.6) is 0 Å². The van der Waals surface area contributed by atoms with Gasteiger partial charge >= 0.3 is 0 Å². The molecule has 8 nitrogen and oxygen atoms in total. The molecule has 39 heavy (non-hydrogen) atoms. The lowest BCUT2D eigenvalue weighted by atomic mass is 9.95. The molecule has 1 aromatic heterocycles. The summed E-state index contributed by atoms with van der Waals surface area (Å²) in [6.45, 7) is 0.631. The second-order valence-corrected chi connectivity index (χ2v) is 12.3. The van der Waals surface area contributed by atoms with E-state index in [1.54, 1.807) is 24.4 Å². The first-order valence-corrected chi connectivity index (χ1v) is 14.9. The predicted octanol–water partition coefficient (Wildman–Crippen LogP) is 6.17. The van der Waals surface area contributed by atoms with Gasteiger partial charge in [0.2, 0.25) is 11.9 Å². The maximum absolute atomic E-state index is 13.1. The number of hydrogen-bond donors (Lipinski definition) is 4. The number of nitrogens with zero attached hydrogens (tertiary/aromatic N) is 2. The monoisotopic (exact) mass is 538 g/mol. The number of hydrogen-bond acceptors (Lipinski definition) is 7. The van der Waals surface area contributed by atoms with Crippen LogP contribution in [-0.4, -0.2) is 32.4 Å². The second kappa shape index (κ2) is 10.1. The van der Waals surface area contributed by atoms with Crippen LogP contribution >= 0.6 is 0 Å². The quantitative estimate of drug-likeness (QED) is 0.247. The van der Waals surface area contributed by atoms with Gasteiger partial charge in [-0.15, -0.1) is 0 Å². The zero-order valence-electron chi connectivity index (χ0n) is 21.4. The van der Waals surface area contributed by atoms with Gasteiger partial charge in [-0.25, -0.2) is 14.0 Å². The molecule has 0 saturated heterocycles. The Morgan fingerprint density at radius 3 is 2.54 bits per heavy atom. The molecule has 198 valence electrons. The van der Waals surface area contributed by atoms with Gasteiger partial charge in [-0.3, -0.25) is 4.79 Å². The first kappa shape index (κ1) is 25.1. The summed E-state index contributed by atoms with van der Waals surface area (Å²) >= 11 is 0. The number of aromatic nitrogens is 2. The van der Waals surface area contributed by atoms with Gasteiger partial charge in [0.05, 0.1) is 15.1 Å². The third-order valence-corrected chi connectivity index (χ3v) is 9.25. The van der Waals surface area contributed by atoms with Crippen molar-refractivity contribution in [2.24, 2.45) is 0 Å². The van der Waals surface area contributed by atoms with Crippen LogP contribution in [0.1, 0.15) is 31.2 Å². The highest BCUT2D eigenvalue weighted by Crippen LogP contribution is 2.49. The number of carbonyl (C=O) groups is 1. The van der Waals surface area contributed by atoms with Crippen molar-refractivity contribution in [1.29, 1.82) is 4.78 Å². The molecule has 1 fully saturated rings. The maximum Gasteiger partial charge on any atom is 0.235 e. The molecule has 0 radical (unpaired) electrons. The summed E-state index contributed by atoms with van der Waals surface area (Å²) in [4.78, 5) is 22.9. The highest BCUT2D eigenvalue weighted by molar-refractivity contribution is 7.92. The van der Waals surface area contributed by atoms with Gasteiger partial charge in [0.25, 0.3) is 0 Å². The minimum Gasteiger partial charge on any atom is -0.369 e. The van der Waals surface area contributed by atoms with Crippen LogP contribution in [0.15, 0.2) is 90.0 Å². The van der Waals surface area contributed by atoms with Crippen LogP contribution < -0.4 is 16.0 Å². The van der Waals surface area contributed by atoms with Crippen molar-refractivity contribution in [2.45, 2.75) is 36.0 Å². The Bertz CT molecular complexity index is 1620. The fraction of sp³-hybridized carbons (Fsp3) is 0.233. The molecule has 1 unspecified atom stereocenters. The normalized spacial score (nSPS) is 19.7. The van der Waals surface area contributed by atoms with Crippen LogP contribution in [0.25, 0.3) is 11.1 Å². The Labute approximate surface area is 228 Å². The van der Waals surface area contributed by atoms with Gasteiger partial charge in [-0.05, 0) is 67.1 Å². The molecule has 0 spiro atoms. The summed E-state index contributed by atoms with van der Waals surface area (Å²) in [6, 6.07) is 24.8. The largest absolute Gasteiger partial charge is 0.369 e. The molecule has 3 aromatic carbocycles. The smallest absolute Gasteiger partial charge is 0.235 e. The summed E-state index contributed by atoms with van der Waals surface area (Å²) in [5, 5.41) is 9.69. The number of benzene rings is 3. The molecule has 9 heteroatoms. The van der Waals surface area contributed by atoms with Crippen LogP contribution in [0.2, 0.25) is 0 Å². The molecular weight excluding hydrogens is 508 g/mol. The van der Waals surface area contributed by atoms with Crippen LogP contribution in [0.3, 0.4) is 0 Å². The van der Waals surface area contributed by atoms with Crippen molar-refractivity contribution in [2.75, 3.05) is 28.2 Å². The summed E-state index contributed by atoms with van der Waals surface area (Å²) in [7, 11) is -2.86. The second-order valence-electron chi connectivity index (χ2n) is 10.1. The summed E-state index contributed by atoms with van der Waals surface area (Å²) in [6.07, 6.45) is 4.92. The maximum atomic E-state index is 13.1. The molecule has 2 aliphatic rings. The van der Waals surface area contributed by atoms with Gasteiger partial charge in [0.15, 0.2) is 0 Å². The number of fused-ring (bicyclic) bond motifs is 4. The molecule has 4 aromatic rings. The highest BCUT2D eigenvalue weighted by atomic mass is 32.2. The van der Waals surface area contributed by atoms with Gasteiger partial charge in [0, 0.05) is 40.3 Å². The van der Waals surface area contributed by atoms with E-state index < -0.39 is 15.1 Å². The Kier molecular flexibility index (Phi) is 6.52. The Balaban J connectivity index is 1.23. The van der Waals surface area contributed by atoms with E-state index in [-0.39, 0.29) is 5.91 Å². The third kappa shape index (κ3) is 5.22. The summed E-state index contributed by atoms with van der Waals surface area (Å²) in [5.74, 6) is 1.44. The molecule has 1 saturated carbocycles. The van der Waals surface area contributed by atoms with Crippen molar-refractivity contribution in [3.63, 3.8) is 0 Å². The molecule has 1 amide bonds. The van der Waals surface area contributed by atoms with E-state index in [0.29, 0.717) is 41.1 Å². The summed E-state index contributed by atoms with van der Waals surface area (Å²) < 4.78 is 21.3. The Morgan fingerprint density at radius 1 is 0.974 bits per heavy atom. The van der Waals surface area contributed by atoms with Gasteiger partial charge < -0.3 is 16.0 Å². The minimum atomic E-state index is -2.86. The zero-order chi connectivity index (χ0) is 26.9. The van der Waals surface area contributed by atoms with Crippen molar-refractivity contribution in [3.05, 3.63) is 90.6 Å². The first-order chi connectivity index (χ1) is 18.9. The van der Waals surface area contributed by atoms with E-state index in [2.05, 4.69) is 20.9 Å². The standard InChI is InChI=1S/C30H30N6O2S/c31-39(38)18-5-4-17-32-27-26(20-33-29(36-27)35-24-9-6-10-25(39)19-24)21-11-13-23(14-12-21)34-28(37)30(15-16-30)22-7-2-1-3-8-22/h1-3,6-14,19-20,31H,4-5,15-18H2,(H,34,37)(H2,32,33,35,36). The number of anilines is 4. The zero-order valence-corrected chi connectivity index (χ0v) is 22.3. The summed E-state index contributed by atoms with van der Waals surface area (Å²) in [5.41, 5.74) is 3.84. The minimum absolute atomic E-state index is 0.0283. The highest BCUT2D eigenvalue weighted by Gasteiger charge is 2.51. The van der Waals surface area contributed by atoms with E-state index in [4.69, 9.17) is 9.76 Å². The molecule has 1 atom stereocenters. The number of rotatable bonds is 4. The number of amides is 1. The average molecular weight is 539 g/mol. The number of carbonyl (C=O) groups excluding carboxylic acids is 1. The van der Waals surface area contributed by atoms with Crippen LogP contribution in [0, 0.1) is 4.78 Å². The van der Waals surface area contributed by atoms with E-state index in [0.717, 1.165) is 41.6 Å². The lowest BCUT2D eigenvalue weighted by Gasteiger charge is -2.16. The molecule has 6 rings (SSSR count). The predicted molar refractivity (Wildman–Crippen MR) is 155 cm³/mol. The molecule has 4 bridgehead atoms. The van der Waals surface area contributed by atoms with Crippen molar-refractivity contribution >= 4 is 38.8 Å². The lowest BCUT2D eigenvalue weighted by Crippen LogP contribution is -2.27. The third-order valence-electron chi connectivity index (χ3n) is 7.38. The molecule has 4 N–H and O–H groups in total. The van der Waals surface area contributed by atoms with Crippen molar-refractivity contribution < 1.29 is 9.00 Å². The van der Waals surface area contributed by atoms with Gasteiger partial charge in [-0.1, -0.05) is 48.5 Å². The first-order valence-electron chi connectivity index (χ1n) is 13.1. The van der Waals surface area contributed by atoms with Crippen LogP contribution in [0.4, 0.5) is 23.1 Å². The van der Waals surface area contributed by atoms with Crippen molar-refractivity contribution in [1.82, 2.24) is 9.97 Å². The SMILES string of the molecule is N=S1(=O)CCCCNc2nc(ncc2-c2ccc(NC(=O)C3(c4ccccc4)CC3)cc2)Nc2cccc1c2. The van der Waals surface area contributed by atoms with Gasteiger partial charge in [0.1, 0.15) is 5.82 Å². The van der Waals surface area contributed by atoms with E-state index in [9.17, 15) is 9.00 Å². The van der Waals surface area contributed by atoms with E-state index >= 15 is 0 Å². The van der Waals surface area contributed by atoms with E-state index in [1.165, 1.54) is 0 Å². The fourth-order valence-electron chi connectivity index (χ4n) is 4.96. The molecular formula is C30H30N6O2S. The Hall–Kier alpha value is -4.24. The van der Waals surface area contributed by atoms with Gasteiger partial charge in [-0.2, -0.15) is 4.98 Å². The van der Waals surface area contributed by atoms with E-state index in [1.807, 2.05) is 60.7 Å².